The Labute approximate surface area is 188 Å². The monoisotopic (exact) mass is 433 g/mol. The van der Waals surface area contributed by atoms with E-state index in [1.807, 2.05) is 47.4 Å². The molecule has 5 rings (SSSR count). The molecule has 1 aromatic heterocycles. The van der Waals surface area contributed by atoms with Crippen LogP contribution in [0.3, 0.4) is 0 Å². The van der Waals surface area contributed by atoms with Gasteiger partial charge >= 0.3 is 0 Å². The van der Waals surface area contributed by atoms with E-state index in [0.717, 1.165) is 69.3 Å². The van der Waals surface area contributed by atoms with Crippen LogP contribution in [0.25, 0.3) is 10.9 Å². The summed E-state index contributed by atoms with van der Waals surface area (Å²) < 4.78 is 12.2. The number of nitrogens with zero attached hydrogens (tertiary/aromatic N) is 2. The van der Waals surface area contributed by atoms with E-state index in [2.05, 4.69) is 22.3 Å². The number of hydrogen-bond donors (Lipinski definition) is 1. The Morgan fingerprint density at radius 3 is 2.75 bits per heavy atom. The van der Waals surface area contributed by atoms with Gasteiger partial charge in [0.25, 0.3) is 5.91 Å². The molecule has 2 saturated heterocycles. The third kappa shape index (κ3) is 4.57. The fourth-order valence-corrected chi connectivity index (χ4v) is 5.13. The molecule has 1 unspecified atom stereocenters. The first-order chi connectivity index (χ1) is 15.7. The highest BCUT2D eigenvalue weighted by Gasteiger charge is 2.41. The standard InChI is InChI=1S/C26H31N3O3/c30-25(24-22-8-4-5-9-23(22)27-28-24)29-14-12-26(13-15-29)18-20(11-17-32-26)10-16-31-19-21-6-2-1-3-7-21/h1-9,20H,10-19H2,(H,27,28). The number of fused-ring (bicyclic) bond motifs is 1. The van der Waals surface area contributed by atoms with E-state index >= 15 is 0 Å². The Bertz CT molecular complexity index is 1040. The number of aromatic nitrogens is 2. The lowest BCUT2D eigenvalue weighted by molar-refractivity contribution is -0.126. The number of H-pyrrole nitrogens is 1. The quantitative estimate of drug-likeness (QED) is 0.578. The number of hydrogen-bond acceptors (Lipinski definition) is 4. The molecule has 3 heterocycles. The Kier molecular flexibility index (Phi) is 6.23. The molecule has 6 nitrogen and oxygen atoms in total. The van der Waals surface area contributed by atoms with Crippen LogP contribution in [0, 0.1) is 5.92 Å². The van der Waals surface area contributed by atoms with Gasteiger partial charge in [-0.05, 0) is 49.7 Å². The second kappa shape index (κ2) is 9.43. The van der Waals surface area contributed by atoms with Crippen molar-refractivity contribution in [3.8, 4) is 0 Å². The summed E-state index contributed by atoms with van der Waals surface area (Å²) in [5.41, 5.74) is 2.55. The number of carbonyl (C=O) groups is 1. The second-order valence-corrected chi connectivity index (χ2v) is 9.13. The number of rotatable bonds is 6. The third-order valence-electron chi connectivity index (χ3n) is 7.01. The number of benzene rings is 2. The summed E-state index contributed by atoms with van der Waals surface area (Å²) in [5.74, 6) is 0.635. The molecule has 0 saturated carbocycles. The van der Waals surface area contributed by atoms with E-state index in [9.17, 15) is 4.79 Å². The summed E-state index contributed by atoms with van der Waals surface area (Å²) in [6, 6.07) is 18.1. The molecule has 1 amide bonds. The van der Waals surface area contributed by atoms with E-state index in [1.165, 1.54) is 5.56 Å². The molecule has 2 aliphatic rings. The van der Waals surface area contributed by atoms with Gasteiger partial charge in [-0.1, -0.05) is 48.5 Å². The number of piperidine rings is 1. The SMILES string of the molecule is O=C(c1n[nH]c2ccccc12)N1CCC2(CC1)CC(CCOCc1ccccc1)CCO2. The van der Waals surface area contributed by atoms with Gasteiger partial charge in [-0.25, -0.2) is 0 Å². The average Bonchev–Trinajstić information content (AvgIpc) is 3.27. The maximum absolute atomic E-state index is 13.1. The predicted molar refractivity (Wildman–Crippen MR) is 123 cm³/mol. The topological polar surface area (TPSA) is 67.5 Å². The van der Waals surface area contributed by atoms with Crippen LogP contribution in [0.5, 0.6) is 0 Å². The number of ether oxygens (including phenoxy) is 2. The van der Waals surface area contributed by atoms with Crippen molar-refractivity contribution in [3.05, 3.63) is 65.9 Å². The van der Waals surface area contributed by atoms with Gasteiger partial charge in [-0.3, -0.25) is 9.89 Å². The lowest BCUT2D eigenvalue weighted by Crippen LogP contribution is -2.51. The van der Waals surface area contributed by atoms with Gasteiger partial charge in [0.2, 0.25) is 0 Å². The van der Waals surface area contributed by atoms with Gasteiger partial charge < -0.3 is 14.4 Å². The molecule has 0 bridgehead atoms. The Balaban J connectivity index is 1.12. The minimum atomic E-state index is -0.0905. The van der Waals surface area contributed by atoms with Crippen molar-refractivity contribution in [2.45, 2.75) is 44.3 Å². The Morgan fingerprint density at radius 2 is 1.91 bits per heavy atom. The molecule has 6 heteroatoms. The van der Waals surface area contributed by atoms with Gasteiger partial charge in [0.15, 0.2) is 5.69 Å². The number of para-hydroxylation sites is 1. The molecule has 2 aromatic carbocycles. The van der Waals surface area contributed by atoms with Crippen LogP contribution in [-0.2, 0) is 16.1 Å². The van der Waals surface area contributed by atoms with Crippen LogP contribution >= 0.6 is 0 Å². The normalized spacial score (nSPS) is 20.6. The molecular formula is C26H31N3O3. The van der Waals surface area contributed by atoms with Crippen LogP contribution in [0.1, 0.15) is 48.2 Å². The average molecular weight is 434 g/mol. The minimum absolute atomic E-state index is 0.0129. The number of nitrogens with one attached hydrogen (secondary N) is 1. The largest absolute Gasteiger partial charge is 0.377 e. The molecule has 1 atom stereocenters. The highest BCUT2D eigenvalue weighted by molar-refractivity contribution is 6.04. The van der Waals surface area contributed by atoms with Crippen LogP contribution in [0.15, 0.2) is 54.6 Å². The smallest absolute Gasteiger partial charge is 0.274 e. The van der Waals surface area contributed by atoms with E-state index < -0.39 is 0 Å². The number of carbonyl (C=O) groups excluding carboxylic acids is 1. The third-order valence-corrected chi connectivity index (χ3v) is 7.01. The summed E-state index contributed by atoms with van der Waals surface area (Å²) in [6.45, 7) is 3.70. The van der Waals surface area contributed by atoms with Crippen molar-refractivity contribution in [2.75, 3.05) is 26.3 Å². The van der Waals surface area contributed by atoms with Crippen LogP contribution in [-0.4, -0.2) is 52.9 Å². The molecule has 2 aliphatic heterocycles. The van der Waals surface area contributed by atoms with Crippen molar-refractivity contribution >= 4 is 16.8 Å². The van der Waals surface area contributed by atoms with Gasteiger partial charge in [0.05, 0.1) is 17.7 Å². The summed E-state index contributed by atoms with van der Waals surface area (Å²) in [6.07, 6.45) is 5.01. The lowest BCUT2D eigenvalue weighted by atomic mass is 9.78. The fourth-order valence-electron chi connectivity index (χ4n) is 5.13. The maximum atomic E-state index is 13.1. The van der Waals surface area contributed by atoms with Gasteiger partial charge in [0, 0.05) is 31.7 Å². The molecule has 0 aliphatic carbocycles. The van der Waals surface area contributed by atoms with E-state index in [1.54, 1.807) is 0 Å². The number of aromatic amines is 1. The number of likely N-dealkylation sites (tertiary alicyclic amines) is 1. The Morgan fingerprint density at radius 1 is 1.12 bits per heavy atom. The summed E-state index contributed by atoms with van der Waals surface area (Å²) >= 11 is 0. The molecule has 2 fully saturated rings. The first kappa shape index (κ1) is 21.2. The van der Waals surface area contributed by atoms with Gasteiger partial charge in [-0.2, -0.15) is 5.10 Å². The highest BCUT2D eigenvalue weighted by Crippen LogP contribution is 2.39. The minimum Gasteiger partial charge on any atom is -0.377 e. The molecule has 168 valence electrons. The summed E-state index contributed by atoms with van der Waals surface area (Å²) in [4.78, 5) is 15.0. The fraction of sp³-hybridized carbons (Fsp3) is 0.462. The van der Waals surface area contributed by atoms with Gasteiger partial charge in [-0.15, -0.1) is 0 Å². The van der Waals surface area contributed by atoms with Crippen molar-refractivity contribution < 1.29 is 14.3 Å². The molecular weight excluding hydrogens is 402 g/mol. The first-order valence-corrected chi connectivity index (χ1v) is 11.7. The van der Waals surface area contributed by atoms with Crippen molar-refractivity contribution in [1.29, 1.82) is 0 Å². The van der Waals surface area contributed by atoms with E-state index in [0.29, 0.717) is 18.2 Å². The molecule has 0 radical (unpaired) electrons. The van der Waals surface area contributed by atoms with Crippen LogP contribution in [0.4, 0.5) is 0 Å². The summed E-state index contributed by atoms with van der Waals surface area (Å²) in [7, 11) is 0. The van der Waals surface area contributed by atoms with Crippen molar-refractivity contribution in [1.82, 2.24) is 15.1 Å². The van der Waals surface area contributed by atoms with Crippen LogP contribution in [0.2, 0.25) is 0 Å². The molecule has 32 heavy (non-hydrogen) atoms. The van der Waals surface area contributed by atoms with Crippen molar-refractivity contribution in [2.24, 2.45) is 5.92 Å². The zero-order valence-corrected chi connectivity index (χ0v) is 18.5. The molecule has 3 aromatic rings. The Hall–Kier alpha value is -2.70. The van der Waals surface area contributed by atoms with E-state index in [-0.39, 0.29) is 11.5 Å². The maximum Gasteiger partial charge on any atom is 0.274 e. The van der Waals surface area contributed by atoms with Gasteiger partial charge in [0.1, 0.15) is 0 Å². The highest BCUT2D eigenvalue weighted by atomic mass is 16.5. The van der Waals surface area contributed by atoms with Crippen LogP contribution < -0.4 is 0 Å². The summed E-state index contributed by atoms with van der Waals surface area (Å²) in [5, 5.41) is 8.15. The zero-order valence-electron chi connectivity index (χ0n) is 18.5. The lowest BCUT2D eigenvalue weighted by Gasteiger charge is -2.46. The van der Waals surface area contributed by atoms with Crippen molar-refractivity contribution in [3.63, 3.8) is 0 Å². The zero-order chi connectivity index (χ0) is 21.8. The first-order valence-electron chi connectivity index (χ1n) is 11.7. The predicted octanol–water partition coefficient (Wildman–Crippen LogP) is 4.57. The molecule has 1 spiro atoms. The molecule has 1 N–H and O–H groups in total. The second-order valence-electron chi connectivity index (χ2n) is 9.13. The number of amides is 1. The van der Waals surface area contributed by atoms with E-state index in [4.69, 9.17) is 9.47 Å².